The van der Waals surface area contributed by atoms with Gasteiger partial charge in [-0.1, -0.05) is 48.5 Å². The van der Waals surface area contributed by atoms with E-state index in [4.69, 9.17) is 5.26 Å². The Balaban J connectivity index is 1.90. The zero-order valence-electron chi connectivity index (χ0n) is 14.5. The fraction of sp³-hybridized carbons (Fsp3) is 0.200. The molecule has 1 atom stereocenters. The Labute approximate surface area is 155 Å². The average molecular weight is 362 g/mol. The summed E-state index contributed by atoms with van der Waals surface area (Å²) in [7, 11) is 0. The number of nitrogens with zero attached hydrogens (tertiary/aromatic N) is 4. The molecule has 0 aliphatic heterocycles. The monoisotopic (exact) mass is 362 g/mol. The Morgan fingerprint density at radius 3 is 2.59 bits per heavy atom. The Bertz CT molecular complexity index is 1020. The van der Waals surface area contributed by atoms with E-state index in [0.29, 0.717) is 30.3 Å². The van der Waals surface area contributed by atoms with Crippen LogP contribution in [0.5, 0.6) is 5.88 Å². The van der Waals surface area contributed by atoms with Crippen molar-refractivity contribution in [1.29, 1.82) is 5.26 Å². The number of fused-ring (bicyclic) bond motifs is 1. The third kappa shape index (κ3) is 3.86. The zero-order chi connectivity index (χ0) is 19.2. The van der Waals surface area contributed by atoms with Gasteiger partial charge in [0.25, 0.3) is 5.91 Å². The largest absolute Gasteiger partial charge is 0.493 e. The summed E-state index contributed by atoms with van der Waals surface area (Å²) >= 11 is 0. The predicted molar refractivity (Wildman–Crippen MR) is 99.4 cm³/mol. The molecule has 2 aromatic carbocycles. The Kier molecular flexibility index (Phi) is 5.59. The molecule has 0 spiro atoms. The van der Waals surface area contributed by atoms with Crippen LogP contribution < -0.4 is 0 Å². The molecule has 7 heteroatoms. The molecule has 0 fully saturated rings. The van der Waals surface area contributed by atoms with E-state index in [2.05, 4.69) is 16.3 Å². The van der Waals surface area contributed by atoms with Crippen LogP contribution in [0, 0.1) is 11.3 Å². The topological polar surface area (TPSA) is 111 Å². The van der Waals surface area contributed by atoms with Crippen LogP contribution >= 0.6 is 0 Å². The quantitative estimate of drug-likeness (QED) is 0.510. The van der Waals surface area contributed by atoms with Crippen molar-refractivity contribution in [1.82, 2.24) is 4.57 Å². The number of aliphatic hydroxyl groups is 1. The maximum atomic E-state index is 12.1. The predicted octanol–water partition coefficient (Wildman–Crippen LogP) is 3.99. The average Bonchev–Trinajstić information content (AvgIpc) is 2.97. The number of azo groups is 1. The fourth-order valence-corrected chi connectivity index (χ4v) is 2.84. The van der Waals surface area contributed by atoms with Crippen molar-refractivity contribution < 1.29 is 15.0 Å². The van der Waals surface area contributed by atoms with Crippen molar-refractivity contribution in [2.75, 3.05) is 0 Å². The van der Waals surface area contributed by atoms with Gasteiger partial charge in [-0.15, -0.1) is 10.2 Å². The molecule has 1 heterocycles. The van der Waals surface area contributed by atoms with Crippen molar-refractivity contribution >= 4 is 22.5 Å². The highest BCUT2D eigenvalue weighted by Gasteiger charge is 2.19. The molecular formula is C20H18N4O3. The highest BCUT2D eigenvalue weighted by atomic mass is 16.3. The van der Waals surface area contributed by atoms with Gasteiger partial charge in [0.2, 0.25) is 5.88 Å². The second-order valence-electron chi connectivity index (χ2n) is 5.95. The van der Waals surface area contributed by atoms with Crippen molar-refractivity contribution in [2.45, 2.75) is 25.5 Å². The van der Waals surface area contributed by atoms with Crippen molar-refractivity contribution in [3.8, 4) is 11.9 Å². The van der Waals surface area contributed by atoms with E-state index < -0.39 is 12.0 Å². The summed E-state index contributed by atoms with van der Waals surface area (Å²) in [6, 6.07) is 17.7. The molecule has 0 aliphatic carbocycles. The maximum Gasteiger partial charge on any atom is 0.297 e. The molecule has 0 aliphatic rings. The van der Waals surface area contributed by atoms with E-state index in [1.165, 1.54) is 0 Å². The molecule has 0 unspecified atom stereocenters. The SMILES string of the molecule is N#CCCCn1c(O)c(N=NC(=O)[C@@H](O)c2ccccc2)c2ccccc21. The summed E-state index contributed by atoms with van der Waals surface area (Å²) in [5.74, 6) is -0.943. The number of rotatable bonds is 6. The van der Waals surface area contributed by atoms with Gasteiger partial charge in [0.05, 0.1) is 11.6 Å². The van der Waals surface area contributed by atoms with E-state index in [1.54, 1.807) is 47.0 Å². The third-order valence-electron chi connectivity index (χ3n) is 4.19. The number of aliphatic hydroxyl groups excluding tert-OH is 1. The molecule has 1 amide bonds. The van der Waals surface area contributed by atoms with E-state index in [1.807, 2.05) is 12.1 Å². The Morgan fingerprint density at radius 1 is 1.15 bits per heavy atom. The van der Waals surface area contributed by atoms with E-state index >= 15 is 0 Å². The summed E-state index contributed by atoms with van der Waals surface area (Å²) in [6.45, 7) is 0.440. The molecule has 0 saturated heterocycles. The van der Waals surface area contributed by atoms with E-state index in [9.17, 15) is 15.0 Å². The molecular weight excluding hydrogens is 344 g/mol. The summed E-state index contributed by atoms with van der Waals surface area (Å²) in [4.78, 5) is 12.1. The minimum absolute atomic E-state index is 0.125. The maximum absolute atomic E-state index is 12.1. The highest BCUT2D eigenvalue weighted by Crippen LogP contribution is 2.39. The number of hydrogen-bond acceptors (Lipinski definition) is 5. The first kappa shape index (κ1) is 18.3. The number of para-hydroxylation sites is 1. The number of aromatic hydroxyl groups is 1. The molecule has 2 N–H and O–H groups in total. The third-order valence-corrected chi connectivity index (χ3v) is 4.19. The number of aryl methyl sites for hydroxylation is 1. The first-order valence-electron chi connectivity index (χ1n) is 8.49. The number of benzene rings is 2. The molecule has 7 nitrogen and oxygen atoms in total. The number of carbonyl (C=O) groups is 1. The smallest absolute Gasteiger partial charge is 0.297 e. The number of unbranched alkanes of at least 4 members (excludes halogenated alkanes) is 1. The van der Waals surface area contributed by atoms with Crippen molar-refractivity contribution in [3.05, 3.63) is 60.2 Å². The Hall–Kier alpha value is -3.50. The van der Waals surface area contributed by atoms with Crippen molar-refractivity contribution in [2.24, 2.45) is 10.2 Å². The van der Waals surface area contributed by atoms with Crippen LogP contribution in [0.15, 0.2) is 64.8 Å². The van der Waals surface area contributed by atoms with Gasteiger partial charge in [0, 0.05) is 18.4 Å². The van der Waals surface area contributed by atoms with Gasteiger partial charge in [-0.3, -0.25) is 4.79 Å². The lowest BCUT2D eigenvalue weighted by Crippen LogP contribution is -2.08. The molecule has 0 radical (unpaired) electrons. The van der Waals surface area contributed by atoms with Crippen LogP contribution in [0.3, 0.4) is 0 Å². The number of aromatic nitrogens is 1. The van der Waals surface area contributed by atoms with Gasteiger partial charge in [0.15, 0.2) is 11.8 Å². The van der Waals surface area contributed by atoms with Gasteiger partial charge < -0.3 is 14.8 Å². The fourth-order valence-electron chi connectivity index (χ4n) is 2.84. The second-order valence-corrected chi connectivity index (χ2v) is 5.95. The molecule has 136 valence electrons. The molecule has 27 heavy (non-hydrogen) atoms. The standard InChI is InChI=1S/C20H18N4O3/c21-12-6-7-13-24-16-11-5-4-10-15(16)17(20(24)27)22-23-19(26)18(25)14-8-2-1-3-9-14/h1-5,8-11,18,25,27H,6-7,13H2/t18-/m0/s1. The van der Waals surface area contributed by atoms with Crippen LogP contribution in [-0.4, -0.2) is 20.7 Å². The minimum atomic E-state index is -1.42. The summed E-state index contributed by atoms with van der Waals surface area (Å²) in [5, 5.41) is 37.5. The lowest BCUT2D eigenvalue weighted by Gasteiger charge is -2.05. The minimum Gasteiger partial charge on any atom is -0.493 e. The van der Waals surface area contributed by atoms with Crippen LogP contribution in [0.25, 0.3) is 10.9 Å². The first-order chi connectivity index (χ1) is 13.1. The number of carbonyl (C=O) groups excluding carboxylic acids is 1. The Morgan fingerprint density at radius 2 is 1.85 bits per heavy atom. The zero-order valence-corrected chi connectivity index (χ0v) is 14.5. The molecule has 1 aromatic heterocycles. The van der Waals surface area contributed by atoms with Gasteiger partial charge in [-0.2, -0.15) is 5.26 Å². The normalized spacial score (nSPS) is 12.3. The molecule has 0 bridgehead atoms. The summed E-state index contributed by atoms with van der Waals surface area (Å²) < 4.78 is 1.64. The lowest BCUT2D eigenvalue weighted by atomic mass is 10.1. The highest BCUT2D eigenvalue weighted by molar-refractivity contribution is 5.95. The number of nitriles is 1. The summed E-state index contributed by atoms with van der Waals surface area (Å²) in [6.07, 6.45) is -0.476. The van der Waals surface area contributed by atoms with Crippen LogP contribution in [0.4, 0.5) is 5.69 Å². The second kappa shape index (κ2) is 8.25. The van der Waals surface area contributed by atoms with Crippen LogP contribution in [0.1, 0.15) is 24.5 Å². The first-order valence-corrected chi connectivity index (χ1v) is 8.49. The van der Waals surface area contributed by atoms with E-state index in [-0.39, 0.29) is 11.6 Å². The van der Waals surface area contributed by atoms with Gasteiger partial charge in [0.1, 0.15) is 0 Å². The van der Waals surface area contributed by atoms with Gasteiger partial charge in [-0.05, 0) is 18.1 Å². The van der Waals surface area contributed by atoms with Gasteiger partial charge >= 0.3 is 0 Å². The molecule has 3 rings (SSSR count). The molecule has 0 saturated carbocycles. The number of amides is 1. The van der Waals surface area contributed by atoms with Gasteiger partial charge in [-0.25, -0.2) is 0 Å². The number of hydrogen-bond donors (Lipinski definition) is 2. The summed E-state index contributed by atoms with van der Waals surface area (Å²) in [5.41, 5.74) is 1.32. The van der Waals surface area contributed by atoms with E-state index in [0.717, 1.165) is 5.52 Å². The van der Waals surface area contributed by atoms with Crippen molar-refractivity contribution in [3.63, 3.8) is 0 Å². The molecule has 3 aromatic rings. The lowest BCUT2D eigenvalue weighted by molar-refractivity contribution is -0.126. The van der Waals surface area contributed by atoms with Crippen LogP contribution in [-0.2, 0) is 11.3 Å². The van der Waals surface area contributed by atoms with Crippen LogP contribution in [0.2, 0.25) is 0 Å².